The third-order valence-electron chi connectivity index (χ3n) is 3.05. The zero-order valence-corrected chi connectivity index (χ0v) is 14.3. The predicted octanol–water partition coefficient (Wildman–Crippen LogP) is 2.65. The van der Waals surface area contributed by atoms with E-state index in [4.69, 9.17) is 0 Å². The quantitative estimate of drug-likeness (QED) is 0.872. The SMILES string of the molecule is Cc1sc(Br)cc1S(=O)(=O)NC(C)(C)C(C)(C)O. The average molecular weight is 356 g/mol. The lowest BCUT2D eigenvalue weighted by atomic mass is 9.87. The van der Waals surface area contributed by atoms with Crippen molar-refractivity contribution < 1.29 is 13.5 Å². The first-order chi connectivity index (χ1) is 7.87. The number of rotatable bonds is 4. The summed E-state index contributed by atoms with van der Waals surface area (Å²) >= 11 is 4.64. The molecule has 0 saturated heterocycles. The number of halogens is 1. The van der Waals surface area contributed by atoms with E-state index in [1.165, 1.54) is 11.3 Å². The highest BCUT2D eigenvalue weighted by Crippen LogP contribution is 2.31. The monoisotopic (exact) mass is 355 g/mol. The summed E-state index contributed by atoms with van der Waals surface area (Å²) in [6.07, 6.45) is 0. The molecule has 1 aromatic rings. The van der Waals surface area contributed by atoms with Crippen molar-refractivity contribution in [1.82, 2.24) is 4.72 Å². The van der Waals surface area contributed by atoms with Crippen molar-refractivity contribution in [3.05, 3.63) is 14.7 Å². The zero-order valence-electron chi connectivity index (χ0n) is 11.0. The van der Waals surface area contributed by atoms with Gasteiger partial charge in [-0.2, -0.15) is 0 Å². The molecule has 18 heavy (non-hydrogen) atoms. The van der Waals surface area contributed by atoms with Crippen LogP contribution in [-0.2, 0) is 10.0 Å². The Bertz CT molecular complexity index is 541. The summed E-state index contributed by atoms with van der Waals surface area (Å²) in [5.74, 6) is 0. The molecule has 0 fully saturated rings. The van der Waals surface area contributed by atoms with Gasteiger partial charge in [-0.05, 0) is 56.6 Å². The maximum Gasteiger partial charge on any atom is 0.242 e. The van der Waals surface area contributed by atoms with E-state index in [0.29, 0.717) is 4.88 Å². The van der Waals surface area contributed by atoms with Crippen LogP contribution in [0.1, 0.15) is 32.6 Å². The van der Waals surface area contributed by atoms with Gasteiger partial charge in [0, 0.05) is 4.88 Å². The van der Waals surface area contributed by atoms with Crippen LogP contribution in [0.25, 0.3) is 0 Å². The molecule has 1 rings (SSSR count). The molecule has 1 aromatic heterocycles. The maximum atomic E-state index is 12.3. The van der Waals surface area contributed by atoms with E-state index in [1.54, 1.807) is 40.7 Å². The van der Waals surface area contributed by atoms with E-state index in [-0.39, 0.29) is 4.90 Å². The Balaban J connectivity index is 3.15. The number of nitrogens with one attached hydrogen (secondary N) is 1. The molecular weight excluding hydrogens is 338 g/mol. The van der Waals surface area contributed by atoms with E-state index in [9.17, 15) is 13.5 Å². The Kier molecular flexibility index (Phi) is 4.35. The molecule has 7 heteroatoms. The van der Waals surface area contributed by atoms with Crippen LogP contribution < -0.4 is 4.72 Å². The second-order valence-electron chi connectivity index (χ2n) is 5.26. The van der Waals surface area contributed by atoms with E-state index < -0.39 is 21.2 Å². The van der Waals surface area contributed by atoms with Crippen molar-refractivity contribution in [3.8, 4) is 0 Å². The lowest BCUT2D eigenvalue weighted by Gasteiger charge is -2.37. The molecule has 104 valence electrons. The van der Waals surface area contributed by atoms with Gasteiger partial charge in [-0.25, -0.2) is 13.1 Å². The number of thiophene rings is 1. The van der Waals surface area contributed by atoms with Crippen LogP contribution in [0.4, 0.5) is 0 Å². The highest BCUT2D eigenvalue weighted by atomic mass is 79.9. The molecule has 0 aliphatic heterocycles. The molecule has 0 saturated carbocycles. The molecule has 0 spiro atoms. The topological polar surface area (TPSA) is 66.4 Å². The van der Waals surface area contributed by atoms with Gasteiger partial charge in [0.15, 0.2) is 0 Å². The molecule has 0 bridgehead atoms. The highest BCUT2D eigenvalue weighted by Gasteiger charge is 2.39. The van der Waals surface area contributed by atoms with Crippen molar-refractivity contribution in [2.75, 3.05) is 0 Å². The smallest absolute Gasteiger partial charge is 0.242 e. The van der Waals surface area contributed by atoms with Crippen LogP contribution in [0.5, 0.6) is 0 Å². The van der Waals surface area contributed by atoms with Crippen LogP contribution in [0.3, 0.4) is 0 Å². The fraction of sp³-hybridized carbons (Fsp3) is 0.636. The van der Waals surface area contributed by atoms with Gasteiger partial charge in [-0.3, -0.25) is 0 Å². The van der Waals surface area contributed by atoms with Crippen LogP contribution in [-0.4, -0.2) is 24.7 Å². The number of hydrogen-bond acceptors (Lipinski definition) is 4. The van der Waals surface area contributed by atoms with Crippen molar-refractivity contribution in [2.45, 2.75) is 50.7 Å². The third kappa shape index (κ3) is 3.33. The lowest BCUT2D eigenvalue weighted by Crippen LogP contribution is -2.57. The lowest BCUT2D eigenvalue weighted by molar-refractivity contribution is 0.00638. The minimum Gasteiger partial charge on any atom is -0.389 e. The fourth-order valence-electron chi connectivity index (χ4n) is 1.21. The number of sulfonamides is 1. The number of aryl methyl sites for hydroxylation is 1. The summed E-state index contributed by atoms with van der Waals surface area (Å²) in [5, 5.41) is 10.00. The van der Waals surface area contributed by atoms with E-state index in [1.807, 2.05) is 0 Å². The molecule has 0 aromatic carbocycles. The van der Waals surface area contributed by atoms with Gasteiger partial charge in [0.2, 0.25) is 10.0 Å². The van der Waals surface area contributed by atoms with E-state index in [2.05, 4.69) is 20.7 Å². The van der Waals surface area contributed by atoms with E-state index >= 15 is 0 Å². The van der Waals surface area contributed by atoms with Crippen molar-refractivity contribution in [3.63, 3.8) is 0 Å². The minimum atomic E-state index is -3.64. The Morgan fingerprint density at radius 3 is 2.17 bits per heavy atom. The first-order valence-electron chi connectivity index (χ1n) is 5.39. The van der Waals surface area contributed by atoms with Crippen molar-refractivity contribution >= 4 is 37.3 Å². The standard InChI is InChI=1S/C11H18BrNO3S2/c1-7-8(6-9(12)17-7)18(15,16)13-10(2,3)11(4,5)14/h6,13-14H,1-5H3. The van der Waals surface area contributed by atoms with Crippen LogP contribution >= 0.6 is 27.3 Å². The summed E-state index contributed by atoms with van der Waals surface area (Å²) in [6.45, 7) is 8.21. The fourth-order valence-corrected chi connectivity index (χ4v) is 5.16. The molecule has 0 atom stereocenters. The summed E-state index contributed by atoms with van der Waals surface area (Å²) in [5.41, 5.74) is -2.13. The highest BCUT2D eigenvalue weighted by molar-refractivity contribution is 9.11. The first kappa shape index (κ1) is 16.1. The van der Waals surface area contributed by atoms with Crippen molar-refractivity contribution in [1.29, 1.82) is 0 Å². The van der Waals surface area contributed by atoms with Gasteiger partial charge in [0.1, 0.15) is 0 Å². The van der Waals surface area contributed by atoms with Crippen LogP contribution in [0.2, 0.25) is 0 Å². The normalized spacial score (nSPS) is 13.9. The molecule has 0 radical (unpaired) electrons. The third-order valence-corrected chi connectivity index (χ3v) is 6.52. The van der Waals surface area contributed by atoms with Crippen LogP contribution in [0.15, 0.2) is 14.7 Å². The van der Waals surface area contributed by atoms with Crippen LogP contribution in [0, 0.1) is 6.92 Å². The molecule has 4 nitrogen and oxygen atoms in total. The summed E-state index contributed by atoms with van der Waals surface area (Å²) in [7, 11) is -3.64. The Morgan fingerprint density at radius 1 is 1.33 bits per heavy atom. The average Bonchev–Trinajstić information content (AvgIpc) is 2.41. The maximum absolute atomic E-state index is 12.3. The van der Waals surface area contributed by atoms with Gasteiger partial charge >= 0.3 is 0 Å². The second kappa shape index (κ2) is 4.86. The van der Waals surface area contributed by atoms with Gasteiger partial charge in [0.05, 0.1) is 19.8 Å². The van der Waals surface area contributed by atoms with Gasteiger partial charge in [0.25, 0.3) is 0 Å². The molecule has 2 N–H and O–H groups in total. The van der Waals surface area contributed by atoms with Crippen molar-refractivity contribution in [2.24, 2.45) is 0 Å². The van der Waals surface area contributed by atoms with Gasteiger partial charge < -0.3 is 5.11 Å². The Hall–Kier alpha value is 0.0500. The number of hydrogen-bond donors (Lipinski definition) is 2. The summed E-state index contributed by atoms with van der Waals surface area (Å²) < 4.78 is 27.9. The predicted molar refractivity (Wildman–Crippen MR) is 77.5 cm³/mol. The molecule has 1 heterocycles. The molecular formula is C11H18BrNO3S2. The Labute approximate surface area is 121 Å². The summed E-state index contributed by atoms with van der Waals surface area (Å²) in [4.78, 5) is 0.956. The summed E-state index contributed by atoms with van der Waals surface area (Å²) in [6, 6.07) is 1.57. The molecule has 0 aliphatic carbocycles. The first-order valence-corrected chi connectivity index (χ1v) is 8.48. The molecule has 0 aliphatic rings. The second-order valence-corrected chi connectivity index (χ2v) is 9.55. The molecule has 0 unspecified atom stereocenters. The van der Waals surface area contributed by atoms with E-state index in [0.717, 1.165) is 3.79 Å². The zero-order chi connectivity index (χ0) is 14.4. The van der Waals surface area contributed by atoms with Gasteiger partial charge in [-0.15, -0.1) is 11.3 Å². The minimum absolute atomic E-state index is 0.247. The Morgan fingerprint density at radius 2 is 1.83 bits per heavy atom. The van der Waals surface area contributed by atoms with Gasteiger partial charge in [-0.1, -0.05) is 0 Å². The molecule has 0 amide bonds. The largest absolute Gasteiger partial charge is 0.389 e. The number of aliphatic hydroxyl groups is 1.